The molecular formula is C34H37F4N5O3S. The molecule has 2 aliphatic rings. The summed E-state index contributed by atoms with van der Waals surface area (Å²) in [6.07, 6.45) is -1.13. The lowest BCUT2D eigenvalue weighted by Crippen LogP contribution is -2.59. The summed E-state index contributed by atoms with van der Waals surface area (Å²) in [5, 5.41) is 0.220. The Balaban J connectivity index is 0.000000650. The Morgan fingerprint density at radius 2 is 1.64 bits per heavy atom. The third-order valence-corrected chi connectivity index (χ3v) is 8.98. The first-order valence-corrected chi connectivity index (χ1v) is 16.3. The van der Waals surface area contributed by atoms with Gasteiger partial charge in [0.25, 0.3) is 0 Å². The number of halogens is 4. The Morgan fingerprint density at radius 1 is 1.00 bits per heavy atom. The van der Waals surface area contributed by atoms with Gasteiger partial charge in [-0.25, -0.2) is 14.0 Å². The summed E-state index contributed by atoms with van der Waals surface area (Å²) in [5.74, 6) is 0.103. The molecule has 13 heteroatoms. The third kappa shape index (κ3) is 7.55. The van der Waals surface area contributed by atoms with Crippen LogP contribution in [0.25, 0.3) is 22.0 Å². The number of anilines is 1. The van der Waals surface area contributed by atoms with Crippen LogP contribution < -0.4 is 10.6 Å². The number of aryl methyl sites for hydroxylation is 1. The number of piperazine rings is 1. The van der Waals surface area contributed by atoms with Crippen molar-refractivity contribution in [3.8, 4) is 11.1 Å². The van der Waals surface area contributed by atoms with Gasteiger partial charge >= 0.3 is 18.0 Å². The van der Waals surface area contributed by atoms with Crippen LogP contribution in [0.3, 0.4) is 0 Å². The molecule has 0 bridgehead atoms. The zero-order valence-corrected chi connectivity index (χ0v) is 27.7. The predicted molar refractivity (Wildman–Crippen MR) is 175 cm³/mol. The van der Waals surface area contributed by atoms with E-state index in [0.717, 1.165) is 18.2 Å². The van der Waals surface area contributed by atoms with Gasteiger partial charge in [0.2, 0.25) is 0 Å². The van der Waals surface area contributed by atoms with Gasteiger partial charge in [-0.3, -0.25) is 14.5 Å². The Kier molecular flexibility index (Phi) is 9.86. The van der Waals surface area contributed by atoms with Crippen LogP contribution in [0.4, 0.5) is 28.2 Å². The number of hydrogen-bond acceptors (Lipinski definition) is 7. The molecule has 250 valence electrons. The lowest BCUT2D eigenvalue weighted by atomic mass is 9.96. The van der Waals surface area contributed by atoms with E-state index < -0.39 is 34.9 Å². The number of amides is 1. The van der Waals surface area contributed by atoms with Crippen LogP contribution in [0.1, 0.15) is 46.6 Å². The van der Waals surface area contributed by atoms with Crippen molar-refractivity contribution in [2.45, 2.75) is 76.3 Å². The summed E-state index contributed by atoms with van der Waals surface area (Å²) in [6.45, 7) is 9.82. The summed E-state index contributed by atoms with van der Waals surface area (Å²) in [6, 6.07) is 11.0. The molecule has 2 atom stereocenters. The zero-order valence-electron chi connectivity index (χ0n) is 26.8. The van der Waals surface area contributed by atoms with Crippen LogP contribution in [0, 0.1) is 5.82 Å². The van der Waals surface area contributed by atoms with Crippen molar-refractivity contribution in [1.29, 1.82) is 0 Å². The Hall–Kier alpha value is -4.13. The Labute approximate surface area is 274 Å². The first-order valence-electron chi connectivity index (χ1n) is 15.3. The van der Waals surface area contributed by atoms with E-state index in [4.69, 9.17) is 4.74 Å². The van der Waals surface area contributed by atoms with Crippen molar-refractivity contribution in [2.75, 3.05) is 23.7 Å². The number of ether oxygens (including phenoxy) is 1. The van der Waals surface area contributed by atoms with Crippen LogP contribution in [0.5, 0.6) is 0 Å². The molecule has 2 aromatic carbocycles. The van der Waals surface area contributed by atoms with Crippen LogP contribution in [-0.2, 0) is 17.5 Å². The molecule has 2 aromatic heterocycles. The summed E-state index contributed by atoms with van der Waals surface area (Å²) in [7, 11) is 0. The molecule has 1 fully saturated rings. The number of hydrogen-bond donors (Lipinski definition) is 0. The minimum Gasteiger partial charge on any atom is -0.444 e. The lowest BCUT2D eigenvalue weighted by Gasteiger charge is -2.45. The molecule has 0 N–H and O–H groups in total. The van der Waals surface area contributed by atoms with Gasteiger partial charge < -0.3 is 9.64 Å². The highest BCUT2D eigenvalue weighted by Crippen LogP contribution is 2.48. The Bertz CT molecular complexity index is 1750. The van der Waals surface area contributed by atoms with E-state index in [1.807, 2.05) is 32.0 Å². The van der Waals surface area contributed by atoms with Crippen molar-refractivity contribution < 1.29 is 27.1 Å². The molecule has 47 heavy (non-hydrogen) atoms. The molecule has 6 rings (SSSR count). The molecule has 0 radical (unpaired) electrons. The van der Waals surface area contributed by atoms with Crippen molar-refractivity contribution in [3.63, 3.8) is 0 Å². The number of pyridine rings is 1. The zero-order chi connectivity index (χ0) is 34.1. The predicted octanol–water partition coefficient (Wildman–Crippen LogP) is 7.63. The molecule has 4 aromatic rings. The van der Waals surface area contributed by atoms with E-state index in [-0.39, 0.29) is 47.5 Å². The molecule has 0 aliphatic carbocycles. The Morgan fingerprint density at radius 3 is 2.17 bits per heavy atom. The first kappa shape index (κ1) is 34.2. The van der Waals surface area contributed by atoms with Gasteiger partial charge in [0.05, 0.1) is 23.2 Å². The number of benzene rings is 2. The summed E-state index contributed by atoms with van der Waals surface area (Å²) >= 11 is 1.26. The van der Waals surface area contributed by atoms with E-state index in [9.17, 15) is 27.2 Å². The maximum Gasteiger partial charge on any atom is 0.417 e. The van der Waals surface area contributed by atoms with E-state index in [1.165, 1.54) is 28.5 Å². The molecule has 2 aliphatic heterocycles. The fourth-order valence-electron chi connectivity index (χ4n) is 5.99. The number of carbonyl (C=O) groups is 1. The molecule has 4 heterocycles. The summed E-state index contributed by atoms with van der Waals surface area (Å²) < 4.78 is 64.8. The van der Waals surface area contributed by atoms with Crippen LogP contribution >= 0.6 is 11.8 Å². The summed E-state index contributed by atoms with van der Waals surface area (Å²) in [5.41, 5.74) is -1.57. The van der Waals surface area contributed by atoms with Crippen molar-refractivity contribution in [1.82, 2.24) is 19.4 Å². The fraction of sp³-hybridized carbons (Fsp3) is 0.412. The largest absolute Gasteiger partial charge is 0.444 e. The number of thioether (sulfide) groups is 1. The van der Waals surface area contributed by atoms with Crippen LogP contribution in [0.15, 0.2) is 70.6 Å². The SMILES string of the molecule is CC1CN(c2nc(=O)n3c4c(c(-c5ccc(F)cc5)c(C(F)(F)F)cc24)SCCC3)CC(C)N1C(=O)OC(C)(C)C.c1ccncc1. The maximum absolute atomic E-state index is 14.7. The number of alkyl halides is 3. The number of aromatic nitrogens is 3. The van der Waals surface area contributed by atoms with E-state index >= 15 is 0 Å². The standard InChI is InChI=1S/C29H32F4N4O3S.C5H5N/c1-16-14-35(15-17(2)37(16)27(39)40-28(3,4)5)25-20-13-21(29(31,32)33)22(18-7-9-19(30)10-8-18)24-23(20)36(26(38)34-25)11-6-12-41-24;1-2-4-6-5-3-1/h7-10,13,16-17H,6,11-12,14-15H2,1-5H3;1-5H. The first-order chi connectivity index (χ1) is 22.2. The topological polar surface area (TPSA) is 80.6 Å². The van der Waals surface area contributed by atoms with Gasteiger partial charge in [-0.05, 0) is 82.7 Å². The van der Waals surface area contributed by atoms with E-state index in [2.05, 4.69) is 9.97 Å². The number of rotatable bonds is 2. The lowest BCUT2D eigenvalue weighted by molar-refractivity contribution is -0.137. The highest BCUT2D eigenvalue weighted by Gasteiger charge is 2.40. The average Bonchev–Trinajstić information content (AvgIpc) is 3.23. The van der Waals surface area contributed by atoms with Crippen molar-refractivity contribution in [3.05, 3.63) is 82.8 Å². The van der Waals surface area contributed by atoms with Crippen molar-refractivity contribution >= 4 is 34.6 Å². The molecule has 0 saturated carbocycles. The molecule has 2 unspecified atom stereocenters. The van der Waals surface area contributed by atoms with Gasteiger partial charge in [0, 0.05) is 47.9 Å². The average molecular weight is 672 g/mol. The van der Waals surface area contributed by atoms with Gasteiger partial charge in [-0.2, -0.15) is 18.2 Å². The highest BCUT2D eigenvalue weighted by atomic mass is 32.2. The minimum absolute atomic E-state index is 0.0707. The monoisotopic (exact) mass is 671 g/mol. The third-order valence-electron chi connectivity index (χ3n) is 7.80. The quantitative estimate of drug-likeness (QED) is 0.203. The second kappa shape index (κ2) is 13.5. The molecule has 1 amide bonds. The van der Waals surface area contributed by atoms with Crippen LogP contribution in [-0.4, -0.2) is 62.1 Å². The normalized spacial score (nSPS) is 18.3. The maximum atomic E-state index is 14.7. The van der Waals surface area contributed by atoms with E-state index in [0.29, 0.717) is 29.1 Å². The minimum atomic E-state index is -4.73. The smallest absolute Gasteiger partial charge is 0.417 e. The number of carbonyl (C=O) groups excluding carboxylic acids is 1. The number of nitrogens with zero attached hydrogens (tertiary/aromatic N) is 5. The van der Waals surface area contributed by atoms with Gasteiger partial charge in [0.1, 0.15) is 17.2 Å². The van der Waals surface area contributed by atoms with Gasteiger partial charge in [-0.15, -0.1) is 11.8 Å². The van der Waals surface area contributed by atoms with Gasteiger partial charge in [0.15, 0.2) is 0 Å². The van der Waals surface area contributed by atoms with Crippen molar-refractivity contribution in [2.24, 2.45) is 0 Å². The second-order valence-corrected chi connectivity index (χ2v) is 13.7. The molecular weight excluding hydrogens is 634 g/mol. The van der Waals surface area contributed by atoms with Gasteiger partial charge in [-0.1, -0.05) is 18.2 Å². The van der Waals surface area contributed by atoms with E-state index in [1.54, 1.807) is 43.0 Å². The highest BCUT2D eigenvalue weighted by molar-refractivity contribution is 7.99. The summed E-state index contributed by atoms with van der Waals surface area (Å²) in [4.78, 5) is 38.2. The van der Waals surface area contributed by atoms with Crippen LogP contribution in [0.2, 0.25) is 0 Å². The molecule has 8 nitrogen and oxygen atoms in total. The fourth-order valence-corrected chi connectivity index (χ4v) is 7.20. The second-order valence-electron chi connectivity index (χ2n) is 12.6. The molecule has 0 spiro atoms. The molecule has 1 saturated heterocycles.